The lowest BCUT2D eigenvalue weighted by Crippen LogP contribution is -2.44. The number of hydrogen-bond donors (Lipinski definition) is 2. The van der Waals surface area contributed by atoms with Gasteiger partial charge in [0.2, 0.25) is 5.91 Å². The molecule has 0 spiro atoms. The van der Waals surface area contributed by atoms with Crippen molar-refractivity contribution in [3.63, 3.8) is 0 Å². The van der Waals surface area contributed by atoms with Crippen molar-refractivity contribution >= 4 is 22.8 Å². The van der Waals surface area contributed by atoms with E-state index in [2.05, 4.69) is 31.7 Å². The van der Waals surface area contributed by atoms with Crippen LogP contribution in [0.5, 0.6) is 0 Å². The van der Waals surface area contributed by atoms with Crippen LogP contribution in [0.15, 0.2) is 31.2 Å². The van der Waals surface area contributed by atoms with Gasteiger partial charge in [0.15, 0.2) is 0 Å². The van der Waals surface area contributed by atoms with Gasteiger partial charge in [-0.3, -0.25) is 4.79 Å². The Balaban J connectivity index is 1.70. The Morgan fingerprint density at radius 2 is 2.25 bits per heavy atom. The fourth-order valence-corrected chi connectivity index (χ4v) is 2.61. The standard InChI is InChI=1S/C14H17N5O/c1-2-12(20)18-10-4-7-19(8-5-10)14-11-3-6-15-13(11)16-9-17-14/h2-3,6,9-10H,1,4-5,7-8H2,(H,18,20)(H,15,16,17). The maximum Gasteiger partial charge on any atom is 0.243 e. The number of hydrogen-bond acceptors (Lipinski definition) is 4. The second-order valence-corrected chi connectivity index (χ2v) is 4.91. The van der Waals surface area contributed by atoms with E-state index in [9.17, 15) is 4.79 Å². The van der Waals surface area contributed by atoms with Gasteiger partial charge >= 0.3 is 0 Å². The van der Waals surface area contributed by atoms with Gasteiger partial charge < -0.3 is 15.2 Å². The maximum absolute atomic E-state index is 11.3. The van der Waals surface area contributed by atoms with Crippen molar-refractivity contribution in [2.45, 2.75) is 18.9 Å². The SMILES string of the molecule is C=CC(=O)NC1CCN(c2ncnc3[nH]ccc23)CC1. The Hall–Kier alpha value is -2.37. The molecule has 0 unspecified atom stereocenters. The number of carbonyl (C=O) groups excluding carboxylic acids is 1. The first-order valence-corrected chi connectivity index (χ1v) is 6.74. The molecule has 1 aliphatic rings. The molecule has 1 aliphatic heterocycles. The Morgan fingerprint density at radius 1 is 1.45 bits per heavy atom. The average Bonchev–Trinajstić information content (AvgIpc) is 2.96. The first-order chi connectivity index (χ1) is 9.78. The largest absolute Gasteiger partial charge is 0.356 e. The monoisotopic (exact) mass is 271 g/mol. The molecule has 2 N–H and O–H groups in total. The fourth-order valence-electron chi connectivity index (χ4n) is 2.61. The molecule has 2 aromatic rings. The van der Waals surface area contributed by atoms with Crippen molar-refractivity contribution in [2.75, 3.05) is 18.0 Å². The number of nitrogens with zero attached hydrogens (tertiary/aromatic N) is 3. The highest BCUT2D eigenvalue weighted by molar-refractivity contribution is 5.88. The van der Waals surface area contributed by atoms with E-state index in [0.717, 1.165) is 42.8 Å². The van der Waals surface area contributed by atoms with Crippen molar-refractivity contribution in [3.8, 4) is 0 Å². The van der Waals surface area contributed by atoms with E-state index in [1.54, 1.807) is 6.33 Å². The van der Waals surface area contributed by atoms with Crippen LogP contribution in [-0.4, -0.2) is 40.0 Å². The van der Waals surface area contributed by atoms with E-state index in [4.69, 9.17) is 0 Å². The van der Waals surface area contributed by atoms with E-state index in [1.807, 2.05) is 12.3 Å². The Morgan fingerprint density at radius 3 is 3.00 bits per heavy atom. The average molecular weight is 271 g/mol. The molecule has 2 aromatic heterocycles. The number of anilines is 1. The van der Waals surface area contributed by atoms with Crippen LogP contribution in [0.3, 0.4) is 0 Å². The summed E-state index contributed by atoms with van der Waals surface area (Å²) >= 11 is 0. The van der Waals surface area contributed by atoms with E-state index in [0.29, 0.717) is 0 Å². The summed E-state index contributed by atoms with van der Waals surface area (Å²) in [7, 11) is 0. The quantitative estimate of drug-likeness (QED) is 0.823. The van der Waals surface area contributed by atoms with Gasteiger partial charge in [0.05, 0.1) is 5.39 Å². The second kappa shape index (κ2) is 5.32. The zero-order chi connectivity index (χ0) is 13.9. The molecule has 0 atom stereocenters. The molecule has 1 amide bonds. The lowest BCUT2D eigenvalue weighted by atomic mass is 10.0. The summed E-state index contributed by atoms with van der Waals surface area (Å²) in [5, 5.41) is 3.99. The Bertz CT molecular complexity index is 627. The molecule has 0 radical (unpaired) electrons. The van der Waals surface area contributed by atoms with E-state index in [1.165, 1.54) is 6.08 Å². The molecule has 20 heavy (non-hydrogen) atoms. The van der Waals surface area contributed by atoms with Gasteiger partial charge in [-0.2, -0.15) is 0 Å². The van der Waals surface area contributed by atoms with Crippen molar-refractivity contribution in [2.24, 2.45) is 0 Å². The van der Waals surface area contributed by atoms with Crippen molar-refractivity contribution in [1.29, 1.82) is 0 Å². The van der Waals surface area contributed by atoms with Crippen molar-refractivity contribution < 1.29 is 4.79 Å². The first-order valence-electron chi connectivity index (χ1n) is 6.74. The number of aromatic nitrogens is 3. The van der Waals surface area contributed by atoms with Gasteiger partial charge in [0.25, 0.3) is 0 Å². The number of nitrogens with one attached hydrogen (secondary N) is 2. The number of H-pyrrole nitrogens is 1. The molecular formula is C14H17N5O. The summed E-state index contributed by atoms with van der Waals surface area (Å²) in [4.78, 5) is 25.2. The third-order valence-electron chi connectivity index (χ3n) is 3.66. The highest BCUT2D eigenvalue weighted by atomic mass is 16.1. The molecule has 0 saturated carbocycles. The van der Waals surface area contributed by atoms with Crippen LogP contribution in [0.2, 0.25) is 0 Å². The van der Waals surface area contributed by atoms with Gasteiger partial charge in [-0.15, -0.1) is 0 Å². The Kier molecular flexibility index (Phi) is 3.37. The van der Waals surface area contributed by atoms with Gasteiger partial charge in [-0.05, 0) is 25.0 Å². The number of aromatic amines is 1. The number of carbonyl (C=O) groups is 1. The van der Waals surface area contributed by atoms with Crippen LogP contribution in [0.1, 0.15) is 12.8 Å². The van der Waals surface area contributed by atoms with Crippen LogP contribution in [0, 0.1) is 0 Å². The smallest absolute Gasteiger partial charge is 0.243 e. The normalized spacial score (nSPS) is 16.3. The molecule has 0 aromatic carbocycles. The predicted molar refractivity (Wildman–Crippen MR) is 77.5 cm³/mol. The zero-order valence-corrected chi connectivity index (χ0v) is 11.2. The lowest BCUT2D eigenvalue weighted by molar-refractivity contribution is -0.117. The maximum atomic E-state index is 11.3. The number of rotatable bonds is 3. The molecule has 1 fully saturated rings. The summed E-state index contributed by atoms with van der Waals surface area (Å²) in [6.45, 7) is 5.22. The minimum absolute atomic E-state index is 0.0986. The minimum Gasteiger partial charge on any atom is -0.356 e. The number of fused-ring (bicyclic) bond motifs is 1. The molecule has 0 aliphatic carbocycles. The van der Waals surface area contributed by atoms with Crippen LogP contribution in [0.4, 0.5) is 5.82 Å². The van der Waals surface area contributed by atoms with Crippen molar-refractivity contribution in [3.05, 3.63) is 31.2 Å². The number of piperidine rings is 1. The van der Waals surface area contributed by atoms with Gasteiger partial charge in [0.1, 0.15) is 17.8 Å². The van der Waals surface area contributed by atoms with E-state index < -0.39 is 0 Å². The van der Waals surface area contributed by atoms with Crippen LogP contribution < -0.4 is 10.2 Å². The Labute approximate surface area is 116 Å². The van der Waals surface area contributed by atoms with E-state index in [-0.39, 0.29) is 11.9 Å². The van der Waals surface area contributed by atoms with Gasteiger partial charge in [-0.1, -0.05) is 6.58 Å². The van der Waals surface area contributed by atoms with Crippen LogP contribution in [-0.2, 0) is 4.79 Å². The first kappa shape index (κ1) is 12.7. The van der Waals surface area contributed by atoms with Crippen molar-refractivity contribution in [1.82, 2.24) is 20.3 Å². The van der Waals surface area contributed by atoms with Gasteiger partial charge in [-0.25, -0.2) is 9.97 Å². The highest BCUT2D eigenvalue weighted by Gasteiger charge is 2.22. The van der Waals surface area contributed by atoms with Crippen LogP contribution >= 0.6 is 0 Å². The summed E-state index contributed by atoms with van der Waals surface area (Å²) in [5.41, 5.74) is 0.858. The highest BCUT2D eigenvalue weighted by Crippen LogP contribution is 2.24. The molecule has 3 heterocycles. The number of amides is 1. The third-order valence-corrected chi connectivity index (χ3v) is 3.66. The summed E-state index contributed by atoms with van der Waals surface area (Å²) in [6, 6.07) is 2.22. The zero-order valence-electron chi connectivity index (χ0n) is 11.2. The lowest BCUT2D eigenvalue weighted by Gasteiger charge is -2.33. The summed E-state index contributed by atoms with van der Waals surface area (Å²) in [6.07, 6.45) is 6.60. The summed E-state index contributed by atoms with van der Waals surface area (Å²) in [5.74, 6) is 0.864. The van der Waals surface area contributed by atoms with E-state index >= 15 is 0 Å². The molecule has 104 valence electrons. The molecule has 3 rings (SSSR count). The molecule has 1 saturated heterocycles. The molecule has 0 bridgehead atoms. The van der Waals surface area contributed by atoms with Crippen LogP contribution in [0.25, 0.3) is 11.0 Å². The molecule has 6 heteroatoms. The minimum atomic E-state index is -0.0986. The third kappa shape index (κ3) is 2.36. The topological polar surface area (TPSA) is 73.9 Å². The molecular weight excluding hydrogens is 254 g/mol. The molecule has 6 nitrogen and oxygen atoms in total. The predicted octanol–water partition coefficient (Wildman–Crippen LogP) is 1.23. The fraction of sp³-hybridized carbons (Fsp3) is 0.357. The second-order valence-electron chi connectivity index (χ2n) is 4.91. The summed E-state index contributed by atoms with van der Waals surface area (Å²) < 4.78 is 0. The van der Waals surface area contributed by atoms with Gasteiger partial charge in [0, 0.05) is 25.3 Å².